The fraction of sp³-hybridized carbons (Fsp3) is 0.500. The Morgan fingerprint density at radius 1 is 1.64 bits per heavy atom. The molecule has 1 aliphatic rings. The van der Waals surface area contributed by atoms with Crippen LogP contribution in [0, 0.1) is 0 Å². The number of nitrogens with zero attached hydrogens (tertiary/aromatic N) is 1. The second-order valence-electron chi connectivity index (χ2n) is 3.55. The highest BCUT2D eigenvalue weighted by Gasteiger charge is 2.22. The lowest BCUT2D eigenvalue weighted by Gasteiger charge is -2.18. The maximum absolute atomic E-state index is 11.4. The van der Waals surface area contributed by atoms with Crippen LogP contribution in [-0.4, -0.2) is 30.9 Å². The minimum absolute atomic E-state index is 0.126. The molecular weight excluding hydrogens is 180 g/mol. The minimum atomic E-state index is 0.126. The second-order valence-corrected chi connectivity index (χ2v) is 3.55. The van der Waals surface area contributed by atoms with Gasteiger partial charge in [-0.1, -0.05) is 0 Å². The molecule has 1 unspecified atom stereocenters. The summed E-state index contributed by atoms with van der Waals surface area (Å²) in [6, 6.07) is 3.92. The molecule has 0 spiro atoms. The first-order chi connectivity index (χ1) is 6.77. The van der Waals surface area contributed by atoms with Crippen LogP contribution in [-0.2, 0) is 4.79 Å². The van der Waals surface area contributed by atoms with Gasteiger partial charge in [-0.3, -0.25) is 4.79 Å². The van der Waals surface area contributed by atoms with Crippen LogP contribution in [0.25, 0.3) is 0 Å². The van der Waals surface area contributed by atoms with Gasteiger partial charge in [0.15, 0.2) is 0 Å². The Bertz CT molecular complexity index is 308. The van der Waals surface area contributed by atoms with Gasteiger partial charge in [0.1, 0.15) is 5.76 Å². The quantitative estimate of drug-likeness (QED) is 0.718. The number of carbonyl (C=O) groups is 1. The predicted octanol–water partition coefficient (Wildman–Crippen LogP) is 0.772. The van der Waals surface area contributed by atoms with Crippen molar-refractivity contribution in [1.29, 1.82) is 0 Å². The van der Waals surface area contributed by atoms with Crippen LogP contribution in [0.3, 0.4) is 0 Å². The van der Waals surface area contributed by atoms with Gasteiger partial charge in [0.25, 0.3) is 0 Å². The molecule has 4 nitrogen and oxygen atoms in total. The molecule has 4 heteroatoms. The van der Waals surface area contributed by atoms with Crippen molar-refractivity contribution in [1.82, 2.24) is 10.2 Å². The highest BCUT2D eigenvalue weighted by molar-refractivity contribution is 5.76. The maximum atomic E-state index is 11.4. The Balaban J connectivity index is 2.10. The van der Waals surface area contributed by atoms with E-state index in [9.17, 15) is 4.79 Å². The van der Waals surface area contributed by atoms with Gasteiger partial charge in [0.05, 0.1) is 12.3 Å². The van der Waals surface area contributed by atoms with Gasteiger partial charge < -0.3 is 14.6 Å². The molecule has 0 radical (unpaired) electrons. The highest BCUT2D eigenvalue weighted by Crippen LogP contribution is 2.16. The van der Waals surface area contributed by atoms with Crippen molar-refractivity contribution < 1.29 is 9.21 Å². The molecule has 0 saturated carbocycles. The van der Waals surface area contributed by atoms with Gasteiger partial charge in [-0.05, 0) is 12.1 Å². The summed E-state index contributed by atoms with van der Waals surface area (Å²) in [7, 11) is 1.82. The van der Waals surface area contributed by atoms with Crippen LogP contribution in [0.4, 0.5) is 0 Å². The van der Waals surface area contributed by atoms with Crippen molar-refractivity contribution in [3.63, 3.8) is 0 Å². The first-order valence-corrected chi connectivity index (χ1v) is 4.78. The number of furan rings is 1. The average Bonchev–Trinajstić information content (AvgIpc) is 2.63. The van der Waals surface area contributed by atoms with Gasteiger partial charge in [0.2, 0.25) is 5.91 Å². The molecule has 1 fully saturated rings. The minimum Gasteiger partial charge on any atom is -0.468 e. The topological polar surface area (TPSA) is 45.5 Å². The van der Waals surface area contributed by atoms with E-state index in [4.69, 9.17) is 4.42 Å². The van der Waals surface area contributed by atoms with E-state index in [1.165, 1.54) is 0 Å². The third kappa shape index (κ3) is 1.80. The number of rotatable bonds is 1. The van der Waals surface area contributed by atoms with Crippen molar-refractivity contribution in [2.45, 2.75) is 12.5 Å². The Labute approximate surface area is 82.9 Å². The van der Waals surface area contributed by atoms with Crippen LogP contribution in [0.2, 0.25) is 0 Å². The number of likely N-dealkylation sites (N-methyl/N-ethyl adjacent to an activating group) is 1. The zero-order valence-electron chi connectivity index (χ0n) is 8.19. The fourth-order valence-electron chi connectivity index (χ4n) is 1.66. The molecule has 1 saturated heterocycles. The highest BCUT2D eigenvalue weighted by atomic mass is 16.3. The molecule has 0 bridgehead atoms. The van der Waals surface area contributed by atoms with Gasteiger partial charge in [-0.25, -0.2) is 0 Å². The first-order valence-electron chi connectivity index (χ1n) is 4.78. The van der Waals surface area contributed by atoms with Crippen LogP contribution in [0.15, 0.2) is 22.8 Å². The van der Waals surface area contributed by atoms with Gasteiger partial charge in [-0.15, -0.1) is 0 Å². The third-order valence-electron chi connectivity index (χ3n) is 2.50. The molecule has 0 aromatic carbocycles. The van der Waals surface area contributed by atoms with Crippen molar-refractivity contribution in [3.8, 4) is 0 Å². The normalized spacial score (nSPS) is 23.6. The van der Waals surface area contributed by atoms with E-state index < -0.39 is 0 Å². The van der Waals surface area contributed by atoms with Crippen LogP contribution in [0.1, 0.15) is 18.2 Å². The molecule has 1 amide bonds. The Hall–Kier alpha value is -1.29. The standard InChI is InChI=1S/C10H14N2O2/c1-12-7-8(9-3-2-6-14-9)11-5-4-10(12)13/h2-3,6,8,11H,4-5,7H2,1H3. The number of hydrogen-bond donors (Lipinski definition) is 1. The Morgan fingerprint density at radius 2 is 2.50 bits per heavy atom. The molecule has 2 rings (SSSR count). The number of carbonyl (C=O) groups excluding carboxylic acids is 1. The molecule has 1 atom stereocenters. The zero-order valence-corrected chi connectivity index (χ0v) is 8.19. The second kappa shape index (κ2) is 3.84. The summed E-state index contributed by atoms with van der Waals surface area (Å²) < 4.78 is 5.31. The monoisotopic (exact) mass is 194 g/mol. The summed E-state index contributed by atoms with van der Waals surface area (Å²) in [5, 5.41) is 3.29. The van der Waals surface area contributed by atoms with Gasteiger partial charge >= 0.3 is 0 Å². The summed E-state index contributed by atoms with van der Waals surface area (Å²) in [5.41, 5.74) is 0. The predicted molar refractivity (Wildman–Crippen MR) is 51.7 cm³/mol. The van der Waals surface area contributed by atoms with Crippen molar-refractivity contribution >= 4 is 5.91 Å². The molecule has 1 aromatic rings. The number of amides is 1. The van der Waals surface area contributed by atoms with Crippen molar-refractivity contribution in [2.75, 3.05) is 20.1 Å². The Morgan fingerprint density at radius 3 is 3.21 bits per heavy atom. The molecule has 1 N–H and O–H groups in total. The van der Waals surface area contributed by atoms with Crippen molar-refractivity contribution in [2.24, 2.45) is 0 Å². The van der Waals surface area contributed by atoms with E-state index in [1.807, 2.05) is 19.2 Å². The van der Waals surface area contributed by atoms with Crippen molar-refractivity contribution in [3.05, 3.63) is 24.2 Å². The number of nitrogens with one attached hydrogen (secondary N) is 1. The van der Waals surface area contributed by atoms with E-state index in [-0.39, 0.29) is 11.9 Å². The lowest BCUT2D eigenvalue weighted by atomic mass is 10.2. The SMILES string of the molecule is CN1CC(c2ccco2)NCCC1=O. The summed E-state index contributed by atoms with van der Waals surface area (Å²) in [4.78, 5) is 13.1. The summed E-state index contributed by atoms with van der Waals surface area (Å²) in [6.07, 6.45) is 2.22. The molecule has 0 aliphatic carbocycles. The molecular formula is C10H14N2O2. The van der Waals surface area contributed by atoms with Gasteiger partial charge in [-0.2, -0.15) is 0 Å². The maximum Gasteiger partial charge on any atom is 0.223 e. The summed E-state index contributed by atoms with van der Waals surface area (Å²) >= 11 is 0. The van der Waals surface area contributed by atoms with Crippen LogP contribution in [0.5, 0.6) is 0 Å². The van der Waals surface area contributed by atoms with E-state index >= 15 is 0 Å². The van der Waals surface area contributed by atoms with Crippen LogP contribution < -0.4 is 5.32 Å². The third-order valence-corrected chi connectivity index (χ3v) is 2.50. The fourth-order valence-corrected chi connectivity index (χ4v) is 1.66. The van der Waals surface area contributed by atoms with E-state index in [1.54, 1.807) is 11.2 Å². The lowest BCUT2D eigenvalue weighted by molar-refractivity contribution is -0.129. The largest absolute Gasteiger partial charge is 0.468 e. The van der Waals surface area contributed by atoms with Gasteiger partial charge in [0, 0.05) is 26.6 Å². The zero-order chi connectivity index (χ0) is 9.97. The average molecular weight is 194 g/mol. The van der Waals surface area contributed by atoms with E-state index in [2.05, 4.69) is 5.32 Å². The van der Waals surface area contributed by atoms with E-state index in [0.717, 1.165) is 5.76 Å². The molecule has 1 aromatic heterocycles. The first kappa shape index (κ1) is 9.27. The molecule has 2 heterocycles. The molecule has 76 valence electrons. The summed E-state index contributed by atoms with van der Waals surface area (Å²) in [5.74, 6) is 1.08. The Kier molecular flexibility index (Phi) is 2.54. The lowest BCUT2D eigenvalue weighted by Crippen LogP contribution is -2.30. The molecule has 14 heavy (non-hydrogen) atoms. The smallest absolute Gasteiger partial charge is 0.223 e. The summed E-state index contributed by atoms with van der Waals surface area (Å²) in [6.45, 7) is 1.39. The molecule has 1 aliphatic heterocycles. The van der Waals surface area contributed by atoms with E-state index in [0.29, 0.717) is 19.5 Å². The number of hydrogen-bond acceptors (Lipinski definition) is 3. The van der Waals surface area contributed by atoms with Crippen LogP contribution >= 0.6 is 0 Å².